The number of nitrogens with zero attached hydrogens (tertiary/aromatic N) is 1. The fourth-order valence-corrected chi connectivity index (χ4v) is 2.67. The summed E-state index contributed by atoms with van der Waals surface area (Å²) in [4.78, 5) is 16.6. The van der Waals surface area contributed by atoms with Gasteiger partial charge in [0.05, 0.1) is 30.2 Å². The van der Waals surface area contributed by atoms with Gasteiger partial charge in [0.25, 0.3) is 5.91 Å². The van der Waals surface area contributed by atoms with Crippen LogP contribution in [0, 0.1) is 6.92 Å². The number of pyridine rings is 1. The first kappa shape index (κ1) is 17.8. The number of rotatable bonds is 5. The molecule has 132 valence electrons. The highest BCUT2D eigenvalue weighted by Crippen LogP contribution is 2.28. The van der Waals surface area contributed by atoms with Crippen LogP contribution in [0.2, 0.25) is 5.02 Å². The lowest BCUT2D eigenvalue weighted by molar-refractivity contribution is 0.102. The van der Waals surface area contributed by atoms with Crippen LogP contribution in [0.25, 0.3) is 0 Å². The van der Waals surface area contributed by atoms with Crippen LogP contribution in [-0.4, -0.2) is 18.0 Å². The van der Waals surface area contributed by atoms with E-state index in [4.69, 9.17) is 16.3 Å². The van der Waals surface area contributed by atoms with Gasteiger partial charge >= 0.3 is 0 Å². The summed E-state index contributed by atoms with van der Waals surface area (Å²) in [6.07, 6.45) is 3.16. The average Bonchev–Trinajstić information content (AvgIpc) is 2.62. The second-order valence-electron chi connectivity index (χ2n) is 5.76. The van der Waals surface area contributed by atoms with E-state index in [0.29, 0.717) is 27.7 Å². The average molecular weight is 368 g/mol. The van der Waals surface area contributed by atoms with Crippen LogP contribution < -0.4 is 15.4 Å². The smallest absolute Gasteiger partial charge is 0.257 e. The van der Waals surface area contributed by atoms with Gasteiger partial charge in [-0.3, -0.25) is 9.78 Å². The Kier molecular flexibility index (Phi) is 5.39. The van der Waals surface area contributed by atoms with Crippen molar-refractivity contribution in [3.8, 4) is 5.75 Å². The lowest BCUT2D eigenvalue weighted by Crippen LogP contribution is -2.12. The van der Waals surface area contributed by atoms with Crippen LogP contribution in [0.1, 0.15) is 15.9 Å². The monoisotopic (exact) mass is 367 g/mol. The lowest BCUT2D eigenvalue weighted by atomic mass is 10.2. The minimum absolute atomic E-state index is 0.264. The molecule has 26 heavy (non-hydrogen) atoms. The highest BCUT2D eigenvalue weighted by Gasteiger charge is 2.09. The maximum Gasteiger partial charge on any atom is 0.257 e. The summed E-state index contributed by atoms with van der Waals surface area (Å²) in [6, 6.07) is 14.5. The summed E-state index contributed by atoms with van der Waals surface area (Å²) in [7, 11) is 1.61. The molecule has 0 spiro atoms. The number of methoxy groups -OCH3 is 1. The molecule has 3 rings (SSSR count). The zero-order chi connectivity index (χ0) is 18.5. The van der Waals surface area contributed by atoms with Crippen LogP contribution in [0.15, 0.2) is 60.9 Å². The minimum Gasteiger partial charge on any atom is -0.495 e. The molecule has 3 aromatic rings. The van der Waals surface area contributed by atoms with Gasteiger partial charge in [0.15, 0.2) is 0 Å². The van der Waals surface area contributed by atoms with Crippen LogP contribution in [0.5, 0.6) is 5.75 Å². The predicted molar refractivity (Wildman–Crippen MR) is 105 cm³/mol. The molecule has 0 atom stereocenters. The van der Waals surface area contributed by atoms with Crippen LogP contribution in [-0.2, 0) is 0 Å². The number of benzene rings is 2. The Balaban J connectivity index is 1.80. The molecular weight excluding hydrogens is 350 g/mol. The molecule has 0 saturated carbocycles. The topological polar surface area (TPSA) is 63.2 Å². The van der Waals surface area contributed by atoms with E-state index in [1.165, 1.54) is 6.20 Å². The number of carbonyl (C=O) groups is 1. The van der Waals surface area contributed by atoms with Crippen molar-refractivity contribution in [2.45, 2.75) is 6.92 Å². The molecule has 0 unspecified atom stereocenters. The number of ether oxygens (including phenoxy) is 1. The standard InChI is InChI=1S/C20H18ClN3O2/c1-13-6-7-19(26-2)18(8-13)23-17-9-14(11-22-12-17)20(25)24-16-5-3-4-15(21)10-16/h3-12,23H,1-2H3,(H,24,25). The van der Waals surface area contributed by atoms with Crippen molar-refractivity contribution >= 4 is 34.6 Å². The zero-order valence-electron chi connectivity index (χ0n) is 14.4. The second kappa shape index (κ2) is 7.89. The van der Waals surface area contributed by atoms with Gasteiger partial charge in [-0.15, -0.1) is 0 Å². The first-order valence-electron chi connectivity index (χ1n) is 7.99. The summed E-state index contributed by atoms with van der Waals surface area (Å²) < 4.78 is 5.37. The Morgan fingerprint density at radius 1 is 1.08 bits per heavy atom. The van der Waals surface area contributed by atoms with E-state index in [0.717, 1.165) is 11.3 Å². The number of hydrogen-bond donors (Lipinski definition) is 2. The molecule has 2 N–H and O–H groups in total. The molecule has 0 aliphatic carbocycles. The first-order chi connectivity index (χ1) is 12.5. The molecule has 1 aromatic heterocycles. The van der Waals surface area contributed by atoms with Crippen molar-refractivity contribution in [3.63, 3.8) is 0 Å². The lowest BCUT2D eigenvalue weighted by Gasteiger charge is -2.12. The SMILES string of the molecule is COc1ccc(C)cc1Nc1cncc(C(=O)Nc2cccc(Cl)c2)c1. The van der Waals surface area contributed by atoms with E-state index in [-0.39, 0.29) is 5.91 Å². The third-order valence-electron chi connectivity index (χ3n) is 3.72. The Morgan fingerprint density at radius 2 is 1.92 bits per heavy atom. The molecule has 0 saturated heterocycles. The van der Waals surface area contributed by atoms with Crippen LogP contribution >= 0.6 is 11.6 Å². The van der Waals surface area contributed by atoms with Crippen LogP contribution in [0.3, 0.4) is 0 Å². The number of anilines is 3. The highest BCUT2D eigenvalue weighted by molar-refractivity contribution is 6.31. The van der Waals surface area contributed by atoms with Gasteiger partial charge in [0.1, 0.15) is 5.75 Å². The van der Waals surface area contributed by atoms with E-state index >= 15 is 0 Å². The van der Waals surface area contributed by atoms with Gasteiger partial charge in [-0.2, -0.15) is 0 Å². The molecule has 5 nitrogen and oxygen atoms in total. The number of nitrogens with one attached hydrogen (secondary N) is 2. The number of carbonyl (C=O) groups excluding carboxylic acids is 1. The van der Waals surface area contributed by atoms with Crippen molar-refractivity contribution in [2.24, 2.45) is 0 Å². The van der Waals surface area contributed by atoms with Gasteiger partial charge < -0.3 is 15.4 Å². The third kappa shape index (κ3) is 4.32. The summed E-state index contributed by atoms with van der Waals surface area (Å²) in [5, 5.41) is 6.61. The Morgan fingerprint density at radius 3 is 2.69 bits per heavy atom. The summed E-state index contributed by atoms with van der Waals surface area (Å²) in [6.45, 7) is 2.00. The normalized spacial score (nSPS) is 10.3. The van der Waals surface area contributed by atoms with E-state index in [1.54, 1.807) is 43.6 Å². The number of aromatic nitrogens is 1. The Labute approximate surface area is 157 Å². The molecule has 0 bridgehead atoms. The first-order valence-corrected chi connectivity index (χ1v) is 8.36. The molecule has 1 heterocycles. The number of halogens is 1. The molecule has 2 aromatic carbocycles. The Hall–Kier alpha value is -3.05. The van der Waals surface area contributed by atoms with E-state index < -0.39 is 0 Å². The minimum atomic E-state index is -0.264. The van der Waals surface area contributed by atoms with Gasteiger partial charge in [-0.1, -0.05) is 23.7 Å². The number of amides is 1. The van der Waals surface area contributed by atoms with Gasteiger partial charge in [0, 0.05) is 16.9 Å². The zero-order valence-corrected chi connectivity index (χ0v) is 15.2. The third-order valence-corrected chi connectivity index (χ3v) is 3.95. The molecule has 0 aliphatic rings. The largest absolute Gasteiger partial charge is 0.495 e. The van der Waals surface area contributed by atoms with Gasteiger partial charge in [-0.25, -0.2) is 0 Å². The molecule has 0 aliphatic heterocycles. The van der Waals surface area contributed by atoms with E-state index in [1.807, 2.05) is 25.1 Å². The van der Waals surface area contributed by atoms with Crippen molar-refractivity contribution < 1.29 is 9.53 Å². The van der Waals surface area contributed by atoms with Crippen molar-refractivity contribution in [1.82, 2.24) is 4.98 Å². The predicted octanol–water partition coefficient (Wildman–Crippen LogP) is 5.05. The molecular formula is C20H18ClN3O2. The maximum atomic E-state index is 12.5. The Bertz CT molecular complexity index is 944. The van der Waals surface area contributed by atoms with E-state index in [9.17, 15) is 4.79 Å². The van der Waals surface area contributed by atoms with Gasteiger partial charge in [-0.05, 0) is 48.9 Å². The fraction of sp³-hybridized carbons (Fsp3) is 0.100. The molecule has 6 heteroatoms. The maximum absolute atomic E-state index is 12.5. The molecule has 0 fully saturated rings. The number of hydrogen-bond acceptors (Lipinski definition) is 4. The van der Waals surface area contributed by atoms with Crippen molar-refractivity contribution in [1.29, 1.82) is 0 Å². The van der Waals surface area contributed by atoms with Crippen molar-refractivity contribution in [3.05, 3.63) is 77.1 Å². The second-order valence-corrected chi connectivity index (χ2v) is 6.19. The quantitative estimate of drug-likeness (QED) is 0.662. The summed E-state index contributed by atoms with van der Waals surface area (Å²) in [5.41, 5.74) is 3.65. The number of aryl methyl sites for hydroxylation is 1. The summed E-state index contributed by atoms with van der Waals surface area (Å²) >= 11 is 5.95. The fourth-order valence-electron chi connectivity index (χ4n) is 2.48. The molecule has 0 radical (unpaired) electrons. The molecule has 1 amide bonds. The van der Waals surface area contributed by atoms with Gasteiger partial charge in [0.2, 0.25) is 0 Å². The van der Waals surface area contributed by atoms with E-state index in [2.05, 4.69) is 15.6 Å². The van der Waals surface area contributed by atoms with Crippen LogP contribution in [0.4, 0.5) is 17.1 Å². The highest BCUT2D eigenvalue weighted by atomic mass is 35.5. The van der Waals surface area contributed by atoms with Crippen molar-refractivity contribution in [2.75, 3.05) is 17.7 Å². The summed E-state index contributed by atoms with van der Waals surface area (Å²) in [5.74, 6) is 0.448.